The average molecular weight is 373 g/mol. The van der Waals surface area contributed by atoms with Gasteiger partial charge in [-0.15, -0.1) is 0 Å². The lowest BCUT2D eigenvalue weighted by Gasteiger charge is -2.26. The summed E-state index contributed by atoms with van der Waals surface area (Å²) in [5.41, 5.74) is 1.27. The largest absolute Gasteiger partial charge is 0.356 e. The van der Waals surface area contributed by atoms with Gasteiger partial charge in [-0.25, -0.2) is 0 Å². The van der Waals surface area contributed by atoms with Crippen LogP contribution in [0.2, 0.25) is 0 Å². The second-order valence-electron chi connectivity index (χ2n) is 5.60. The van der Waals surface area contributed by atoms with E-state index in [2.05, 4.69) is 73.8 Å². The van der Waals surface area contributed by atoms with Crippen molar-refractivity contribution in [2.75, 3.05) is 32.1 Å². The summed E-state index contributed by atoms with van der Waals surface area (Å²) >= 11 is 5.60. The molecular weight excluding hydrogens is 348 g/mol. The van der Waals surface area contributed by atoms with Crippen LogP contribution in [0, 0.1) is 5.92 Å². The van der Waals surface area contributed by atoms with E-state index in [4.69, 9.17) is 0 Å². The Hall–Kier alpha value is -0.620. The molecule has 0 spiro atoms. The number of aromatic nitrogens is 1. The van der Waals surface area contributed by atoms with Crippen molar-refractivity contribution < 1.29 is 0 Å². The number of nitrogens with one attached hydrogen (secondary N) is 1. The molecule has 1 saturated heterocycles. The zero-order valence-corrected chi connectivity index (χ0v) is 15.5. The van der Waals surface area contributed by atoms with Gasteiger partial charge in [-0.3, -0.25) is 4.99 Å². The molecule has 1 fully saturated rings. The van der Waals surface area contributed by atoms with E-state index in [1.54, 1.807) is 0 Å². The molecule has 0 amide bonds. The Bertz CT molecular complexity index is 480. The number of guanidine groups is 1. The Morgan fingerprint density at radius 2 is 2.24 bits per heavy atom. The standard InChI is InChI=1S/C15H25BrN4S/c1-17-15(18-9-12-4-6-21-7-5-12)20(3)11-14-8-13(16)10-19(14)2/h8,10,12H,4-7,9,11H2,1-3H3,(H,17,18). The van der Waals surface area contributed by atoms with Crippen LogP contribution >= 0.6 is 27.7 Å². The number of rotatable bonds is 4. The molecule has 118 valence electrons. The third-order valence-electron chi connectivity index (χ3n) is 3.94. The maximum absolute atomic E-state index is 4.41. The molecule has 1 N–H and O–H groups in total. The summed E-state index contributed by atoms with van der Waals surface area (Å²) in [5.74, 6) is 4.38. The zero-order chi connectivity index (χ0) is 15.2. The summed E-state index contributed by atoms with van der Waals surface area (Å²) in [5, 5.41) is 3.53. The lowest BCUT2D eigenvalue weighted by atomic mass is 10.0. The predicted molar refractivity (Wildman–Crippen MR) is 96.0 cm³/mol. The topological polar surface area (TPSA) is 32.6 Å². The monoisotopic (exact) mass is 372 g/mol. The Balaban J connectivity index is 1.86. The van der Waals surface area contributed by atoms with E-state index in [1.165, 1.54) is 30.0 Å². The average Bonchev–Trinajstić information content (AvgIpc) is 2.78. The Morgan fingerprint density at radius 1 is 1.52 bits per heavy atom. The van der Waals surface area contributed by atoms with E-state index in [9.17, 15) is 0 Å². The van der Waals surface area contributed by atoms with Gasteiger partial charge in [0.05, 0.1) is 6.54 Å². The van der Waals surface area contributed by atoms with Gasteiger partial charge >= 0.3 is 0 Å². The summed E-state index contributed by atoms with van der Waals surface area (Å²) < 4.78 is 3.27. The molecule has 0 saturated carbocycles. The minimum atomic E-state index is 0.792. The molecule has 1 aromatic heterocycles. The van der Waals surface area contributed by atoms with E-state index < -0.39 is 0 Å². The first kappa shape index (κ1) is 16.7. The molecule has 0 aliphatic carbocycles. The maximum Gasteiger partial charge on any atom is 0.193 e. The highest BCUT2D eigenvalue weighted by atomic mass is 79.9. The highest BCUT2D eigenvalue weighted by molar-refractivity contribution is 9.10. The van der Waals surface area contributed by atoms with Crippen LogP contribution < -0.4 is 5.32 Å². The van der Waals surface area contributed by atoms with Crippen LogP contribution in [-0.4, -0.2) is 47.6 Å². The summed E-state index contributed by atoms with van der Waals surface area (Å²) in [6, 6.07) is 2.15. The molecule has 21 heavy (non-hydrogen) atoms. The van der Waals surface area contributed by atoms with Crippen molar-refractivity contribution >= 4 is 33.7 Å². The Kier molecular flexibility index (Phi) is 6.48. The van der Waals surface area contributed by atoms with Gasteiger partial charge in [0, 0.05) is 44.1 Å². The van der Waals surface area contributed by atoms with Gasteiger partial charge in [-0.2, -0.15) is 11.8 Å². The summed E-state index contributed by atoms with van der Waals surface area (Å²) in [6.07, 6.45) is 4.73. The van der Waals surface area contributed by atoms with Crippen LogP contribution in [0.25, 0.3) is 0 Å². The van der Waals surface area contributed by atoms with Crippen molar-refractivity contribution in [3.05, 3.63) is 22.4 Å². The van der Waals surface area contributed by atoms with Gasteiger partial charge in [0.25, 0.3) is 0 Å². The second-order valence-corrected chi connectivity index (χ2v) is 7.74. The SMILES string of the molecule is CN=C(NCC1CCSCC1)N(C)Cc1cc(Br)cn1C. The normalized spacial score (nSPS) is 17.0. The number of aliphatic imine (C=N–C) groups is 1. The van der Waals surface area contributed by atoms with Gasteiger partial charge in [-0.1, -0.05) is 0 Å². The first-order chi connectivity index (χ1) is 10.1. The third-order valence-corrected chi connectivity index (χ3v) is 5.42. The van der Waals surface area contributed by atoms with Crippen molar-refractivity contribution in [3.63, 3.8) is 0 Å². The van der Waals surface area contributed by atoms with Crippen LogP contribution in [0.4, 0.5) is 0 Å². The molecule has 2 rings (SSSR count). The fourth-order valence-electron chi connectivity index (χ4n) is 2.61. The minimum absolute atomic E-state index is 0.792. The van der Waals surface area contributed by atoms with Gasteiger partial charge in [0.15, 0.2) is 5.96 Å². The molecule has 0 unspecified atom stereocenters. The first-order valence-corrected chi connectivity index (χ1v) is 9.35. The van der Waals surface area contributed by atoms with Gasteiger partial charge in [0.1, 0.15) is 0 Å². The fraction of sp³-hybridized carbons (Fsp3) is 0.667. The van der Waals surface area contributed by atoms with Crippen LogP contribution in [0.3, 0.4) is 0 Å². The maximum atomic E-state index is 4.41. The van der Waals surface area contributed by atoms with Gasteiger partial charge in [-0.05, 0) is 52.3 Å². The number of nitrogens with zero attached hydrogens (tertiary/aromatic N) is 3. The quantitative estimate of drug-likeness (QED) is 0.651. The minimum Gasteiger partial charge on any atom is -0.356 e. The Morgan fingerprint density at radius 3 is 2.81 bits per heavy atom. The predicted octanol–water partition coefficient (Wildman–Crippen LogP) is 2.94. The van der Waals surface area contributed by atoms with Crippen molar-refractivity contribution in [2.45, 2.75) is 19.4 Å². The fourth-order valence-corrected chi connectivity index (χ4v) is 4.39. The Labute approximate surface area is 140 Å². The number of halogens is 1. The molecule has 1 aliphatic heterocycles. The number of aryl methyl sites for hydroxylation is 1. The summed E-state index contributed by atoms with van der Waals surface area (Å²) in [7, 11) is 6.02. The molecule has 0 bridgehead atoms. The lowest BCUT2D eigenvalue weighted by molar-refractivity contribution is 0.433. The number of hydrogen-bond donors (Lipinski definition) is 1. The molecule has 0 aromatic carbocycles. The van der Waals surface area contributed by atoms with E-state index in [0.717, 1.165) is 29.4 Å². The highest BCUT2D eigenvalue weighted by Crippen LogP contribution is 2.22. The van der Waals surface area contributed by atoms with E-state index in [0.29, 0.717) is 0 Å². The van der Waals surface area contributed by atoms with Gasteiger partial charge in [0.2, 0.25) is 0 Å². The number of hydrogen-bond acceptors (Lipinski definition) is 2. The van der Waals surface area contributed by atoms with E-state index in [-0.39, 0.29) is 0 Å². The van der Waals surface area contributed by atoms with Crippen LogP contribution in [0.15, 0.2) is 21.7 Å². The van der Waals surface area contributed by atoms with Crippen LogP contribution in [0.1, 0.15) is 18.5 Å². The molecule has 4 nitrogen and oxygen atoms in total. The molecular formula is C15H25BrN4S. The molecule has 1 aliphatic rings. The first-order valence-electron chi connectivity index (χ1n) is 7.40. The molecule has 0 atom stereocenters. The van der Waals surface area contributed by atoms with Crippen LogP contribution in [-0.2, 0) is 13.6 Å². The molecule has 6 heteroatoms. The summed E-state index contributed by atoms with van der Waals surface area (Å²) in [6.45, 7) is 1.89. The van der Waals surface area contributed by atoms with Crippen molar-refractivity contribution in [3.8, 4) is 0 Å². The smallest absolute Gasteiger partial charge is 0.193 e. The van der Waals surface area contributed by atoms with E-state index >= 15 is 0 Å². The number of thioether (sulfide) groups is 1. The third kappa shape index (κ3) is 4.95. The second kappa shape index (κ2) is 8.13. The molecule has 0 radical (unpaired) electrons. The van der Waals surface area contributed by atoms with Crippen molar-refractivity contribution in [1.82, 2.24) is 14.8 Å². The zero-order valence-electron chi connectivity index (χ0n) is 13.1. The molecule has 2 heterocycles. The summed E-state index contributed by atoms with van der Waals surface area (Å²) in [4.78, 5) is 6.59. The van der Waals surface area contributed by atoms with Crippen molar-refractivity contribution in [2.24, 2.45) is 18.0 Å². The van der Waals surface area contributed by atoms with Crippen LogP contribution in [0.5, 0.6) is 0 Å². The lowest BCUT2D eigenvalue weighted by Crippen LogP contribution is -2.41. The van der Waals surface area contributed by atoms with E-state index in [1.807, 2.05) is 7.05 Å². The van der Waals surface area contributed by atoms with Crippen molar-refractivity contribution in [1.29, 1.82) is 0 Å². The van der Waals surface area contributed by atoms with Gasteiger partial charge < -0.3 is 14.8 Å². The highest BCUT2D eigenvalue weighted by Gasteiger charge is 2.15. The molecule has 1 aromatic rings.